The third-order valence-electron chi connectivity index (χ3n) is 3.42. The molecular formula is C18H13F5O2. The van der Waals surface area contributed by atoms with Crippen molar-refractivity contribution >= 4 is 11.5 Å². The van der Waals surface area contributed by atoms with Crippen molar-refractivity contribution in [3.63, 3.8) is 0 Å². The van der Waals surface area contributed by atoms with E-state index in [1.54, 1.807) is 31.2 Å². The van der Waals surface area contributed by atoms with Crippen molar-refractivity contribution in [2.45, 2.75) is 20.0 Å². The number of benzene rings is 2. The summed E-state index contributed by atoms with van der Waals surface area (Å²) in [4.78, 5) is 11.8. The largest absolute Gasteiger partial charge is 0.455 e. The highest BCUT2D eigenvalue weighted by molar-refractivity contribution is 5.90. The highest BCUT2D eigenvalue weighted by atomic mass is 19.2. The number of hydrogen-bond donors (Lipinski definition) is 0. The summed E-state index contributed by atoms with van der Waals surface area (Å²) >= 11 is 0. The number of esters is 1. The second-order valence-electron chi connectivity index (χ2n) is 5.27. The van der Waals surface area contributed by atoms with Crippen molar-refractivity contribution in [2.24, 2.45) is 0 Å². The second-order valence-corrected chi connectivity index (χ2v) is 5.27. The molecule has 0 radical (unpaired) electrons. The highest BCUT2D eigenvalue weighted by Crippen LogP contribution is 2.24. The van der Waals surface area contributed by atoms with Crippen LogP contribution in [0.5, 0.6) is 0 Å². The van der Waals surface area contributed by atoms with Gasteiger partial charge in [0.25, 0.3) is 0 Å². The number of hydrogen-bond acceptors (Lipinski definition) is 2. The average Bonchev–Trinajstić information content (AvgIpc) is 2.59. The maximum absolute atomic E-state index is 13.6. The van der Waals surface area contributed by atoms with Gasteiger partial charge in [-0.05, 0) is 31.1 Å². The van der Waals surface area contributed by atoms with Crippen LogP contribution in [0.4, 0.5) is 22.0 Å². The number of carbonyl (C=O) groups excluding carboxylic acids is 1. The van der Waals surface area contributed by atoms with Gasteiger partial charge >= 0.3 is 5.97 Å². The minimum Gasteiger partial charge on any atom is -0.455 e. The molecule has 0 unspecified atom stereocenters. The lowest BCUT2D eigenvalue weighted by Crippen LogP contribution is -2.19. The fraction of sp³-hybridized carbons (Fsp3) is 0.167. The summed E-state index contributed by atoms with van der Waals surface area (Å²) in [6, 6.07) is 8.98. The topological polar surface area (TPSA) is 26.3 Å². The van der Waals surface area contributed by atoms with E-state index < -0.39 is 46.7 Å². The summed E-state index contributed by atoms with van der Waals surface area (Å²) in [6.45, 7) is 3.12. The molecule has 2 aromatic rings. The molecule has 0 heterocycles. The van der Waals surface area contributed by atoms with Gasteiger partial charge in [-0.1, -0.05) is 30.3 Å². The molecule has 1 atom stereocenters. The average molecular weight is 356 g/mol. The number of halogens is 5. The van der Waals surface area contributed by atoms with Crippen LogP contribution in [0.25, 0.3) is 5.57 Å². The van der Waals surface area contributed by atoms with E-state index in [1.807, 2.05) is 6.07 Å². The predicted molar refractivity (Wildman–Crippen MR) is 81.2 cm³/mol. The Labute approximate surface area is 140 Å². The Morgan fingerprint density at radius 2 is 1.40 bits per heavy atom. The Hall–Kier alpha value is -2.70. The first-order valence-corrected chi connectivity index (χ1v) is 7.20. The van der Waals surface area contributed by atoms with Crippen molar-refractivity contribution in [1.82, 2.24) is 0 Å². The zero-order chi connectivity index (χ0) is 18.7. The molecule has 0 saturated carbocycles. The van der Waals surface area contributed by atoms with Crippen LogP contribution >= 0.6 is 0 Å². The third kappa shape index (κ3) is 3.87. The van der Waals surface area contributed by atoms with Crippen molar-refractivity contribution in [3.8, 4) is 0 Å². The van der Waals surface area contributed by atoms with Crippen molar-refractivity contribution in [2.75, 3.05) is 0 Å². The minimum absolute atomic E-state index is 0.707. The van der Waals surface area contributed by atoms with Gasteiger partial charge in [-0.25, -0.2) is 26.7 Å². The lowest BCUT2D eigenvalue weighted by atomic mass is 10.1. The molecule has 0 bridgehead atoms. The van der Waals surface area contributed by atoms with Crippen LogP contribution in [0.1, 0.15) is 29.8 Å². The minimum atomic E-state index is -2.33. The third-order valence-corrected chi connectivity index (χ3v) is 3.42. The lowest BCUT2D eigenvalue weighted by molar-refractivity contribution is 0.0410. The Balaban J connectivity index is 2.26. The Kier molecular flexibility index (Phi) is 5.56. The van der Waals surface area contributed by atoms with E-state index >= 15 is 0 Å². The van der Waals surface area contributed by atoms with Gasteiger partial charge in [0.2, 0.25) is 5.82 Å². The van der Waals surface area contributed by atoms with Crippen LogP contribution < -0.4 is 0 Å². The van der Waals surface area contributed by atoms with Crippen LogP contribution in [0.3, 0.4) is 0 Å². The molecular weight excluding hydrogens is 343 g/mol. The molecule has 0 amide bonds. The van der Waals surface area contributed by atoms with Crippen LogP contribution in [0.2, 0.25) is 0 Å². The Morgan fingerprint density at radius 1 is 0.920 bits per heavy atom. The van der Waals surface area contributed by atoms with E-state index in [1.165, 1.54) is 13.0 Å². The van der Waals surface area contributed by atoms with Gasteiger partial charge in [-0.2, -0.15) is 0 Å². The molecule has 0 aromatic heterocycles. The first-order chi connectivity index (χ1) is 11.7. The molecule has 0 N–H and O–H groups in total. The van der Waals surface area contributed by atoms with Crippen LogP contribution in [-0.4, -0.2) is 12.1 Å². The van der Waals surface area contributed by atoms with E-state index in [4.69, 9.17) is 4.74 Å². The molecule has 0 fully saturated rings. The molecule has 2 rings (SSSR count). The number of carbonyl (C=O) groups is 1. The summed E-state index contributed by atoms with van der Waals surface area (Å²) in [5, 5.41) is 0. The summed E-state index contributed by atoms with van der Waals surface area (Å²) < 4.78 is 71.3. The molecule has 0 spiro atoms. The van der Waals surface area contributed by atoms with E-state index in [0.717, 1.165) is 5.56 Å². The van der Waals surface area contributed by atoms with E-state index in [9.17, 15) is 26.7 Å². The Morgan fingerprint density at radius 3 is 1.92 bits per heavy atom. The van der Waals surface area contributed by atoms with Gasteiger partial charge in [0.1, 0.15) is 11.7 Å². The number of rotatable bonds is 4. The maximum Gasteiger partial charge on any atom is 0.344 e. The zero-order valence-corrected chi connectivity index (χ0v) is 13.2. The van der Waals surface area contributed by atoms with E-state index in [2.05, 4.69) is 0 Å². The summed E-state index contributed by atoms with van der Waals surface area (Å²) in [5.74, 6) is -12.8. The maximum atomic E-state index is 13.6. The summed E-state index contributed by atoms with van der Waals surface area (Å²) in [6.07, 6.45) is 0.530. The second kappa shape index (κ2) is 7.46. The van der Waals surface area contributed by atoms with Crippen molar-refractivity contribution in [3.05, 3.63) is 76.6 Å². The molecule has 0 aliphatic heterocycles. The Bertz CT molecular complexity index is 802. The number of allylic oxidation sites excluding steroid dienone is 1. The molecule has 0 aliphatic carbocycles. The van der Waals surface area contributed by atoms with Gasteiger partial charge in [0.05, 0.1) is 0 Å². The number of ether oxygens (including phenoxy) is 1. The first kappa shape index (κ1) is 18.6. The molecule has 2 nitrogen and oxygen atoms in total. The van der Waals surface area contributed by atoms with E-state index in [0.29, 0.717) is 5.57 Å². The SMILES string of the molecule is C/C(=C/[C@@H](C)OC(=O)c1c(F)c(F)c(F)c(F)c1F)c1ccccc1. The summed E-state index contributed by atoms with van der Waals surface area (Å²) in [7, 11) is 0. The zero-order valence-electron chi connectivity index (χ0n) is 13.2. The van der Waals surface area contributed by atoms with Gasteiger partial charge < -0.3 is 4.74 Å². The van der Waals surface area contributed by atoms with Crippen LogP contribution in [0, 0.1) is 29.1 Å². The predicted octanol–water partition coefficient (Wildman–Crippen LogP) is 5.03. The lowest BCUT2D eigenvalue weighted by Gasteiger charge is -2.13. The highest BCUT2D eigenvalue weighted by Gasteiger charge is 2.31. The molecule has 0 saturated heterocycles. The molecule has 2 aromatic carbocycles. The normalized spacial score (nSPS) is 12.8. The first-order valence-electron chi connectivity index (χ1n) is 7.20. The van der Waals surface area contributed by atoms with Crippen LogP contribution in [-0.2, 0) is 4.74 Å². The van der Waals surface area contributed by atoms with Gasteiger partial charge in [-0.15, -0.1) is 0 Å². The fourth-order valence-electron chi connectivity index (χ4n) is 2.20. The van der Waals surface area contributed by atoms with E-state index in [-0.39, 0.29) is 0 Å². The van der Waals surface area contributed by atoms with Crippen LogP contribution in [0.15, 0.2) is 36.4 Å². The summed E-state index contributed by atoms with van der Waals surface area (Å²) in [5.41, 5.74) is -0.0889. The monoisotopic (exact) mass is 356 g/mol. The fourth-order valence-corrected chi connectivity index (χ4v) is 2.20. The van der Waals surface area contributed by atoms with Gasteiger partial charge in [-0.3, -0.25) is 0 Å². The molecule has 25 heavy (non-hydrogen) atoms. The molecule has 7 heteroatoms. The quantitative estimate of drug-likeness (QED) is 0.332. The standard InChI is InChI=1S/C18H13F5O2/c1-9(11-6-4-3-5-7-11)8-10(2)25-18(24)12-13(19)15(21)17(23)16(22)14(12)20/h3-8,10H,1-2H3/b9-8-/t10-/m1/s1. The molecule has 132 valence electrons. The molecule has 0 aliphatic rings. The van der Waals surface area contributed by atoms with Gasteiger partial charge in [0, 0.05) is 0 Å². The van der Waals surface area contributed by atoms with Crippen molar-refractivity contribution < 1.29 is 31.5 Å². The van der Waals surface area contributed by atoms with Crippen molar-refractivity contribution in [1.29, 1.82) is 0 Å². The smallest absolute Gasteiger partial charge is 0.344 e. The van der Waals surface area contributed by atoms with Gasteiger partial charge in [0.15, 0.2) is 23.3 Å².